The normalized spacial score (nSPS) is 32.8. The lowest BCUT2D eigenvalue weighted by Crippen LogP contribution is -2.33. The maximum atomic E-state index is 12.3. The predicted molar refractivity (Wildman–Crippen MR) is 93.2 cm³/mol. The number of carbonyl (C=O) groups excluding carboxylic acids is 2. The topological polar surface area (TPSA) is 52.6 Å². The van der Waals surface area contributed by atoms with E-state index in [1.54, 1.807) is 19.9 Å². The molecule has 0 radical (unpaired) electrons. The molecule has 1 aliphatic heterocycles. The van der Waals surface area contributed by atoms with Gasteiger partial charge in [0.25, 0.3) is 0 Å². The van der Waals surface area contributed by atoms with E-state index in [4.69, 9.17) is 9.47 Å². The summed E-state index contributed by atoms with van der Waals surface area (Å²) in [6.07, 6.45) is 7.40. The standard InChI is InChI=1S/C20H26O4/c1-6-14(4)19(21)23-16-10-12(2)8-7-9-13(3)11-17-18(16)15(5)20(22)24-17/h6,8,11,16-18H,5,7,9-10H2,1-4H3/b12-8+,13-11+,14-6+. The van der Waals surface area contributed by atoms with Gasteiger partial charge in [-0.2, -0.15) is 0 Å². The summed E-state index contributed by atoms with van der Waals surface area (Å²) in [5.41, 5.74) is 3.24. The van der Waals surface area contributed by atoms with Crippen LogP contribution in [0, 0.1) is 5.92 Å². The molecule has 4 heteroatoms. The van der Waals surface area contributed by atoms with Crippen molar-refractivity contribution >= 4 is 11.9 Å². The Labute approximate surface area is 143 Å². The highest BCUT2D eigenvalue weighted by atomic mass is 16.6. The highest BCUT2D eigenvalue weighted by Crippen LogP contribution is 2.36. The van der Waals surface area contributed by atoms with E-state index in [1.807, 2.05) is 19.9 Å². The molecule has 24 heavy (non-hydrogen) atoms. The van der Waals surface area contributed by atoms with Gasteiger partial charge in [0.1, 0.15) is 12.2 Å². The molecular weight excluding hydrogens is 304 g/mol. The third kappa shape index (κ3) is 4.05. The zero-order valence-electron chi connectivity index (χ0n) is 14.9. The van der Waals surface area contributed by atoms with Crippen molar-refractivity contribution in [2.45, 2.75) is 59.2 Å². The maximum Gasteiger partial charge on any atom is 0.334 e. The summed E-state index contributed by atoms with van der Waals surface area (Å²) in [7, 11) is 0. The first-order chi connectivity index (χ1) is 11.3. The summed E-state index contributed by atoms with van der Waals surface area (Å²) < 4.78 is 11.2. The molecule has 1 fully saturated rings. The number of fused-ring (bicyclic) bond motifs is 1. The molecule has 0 spiro atoms. The molecule has 130 valence electrons. The van der Waals surface area contributed by atoms with Gasteiger partial charge in [0, 0.05) is 17.6 Å². The lowest BCUT2D eigenvalue weighted by atomic mass is 9.85. The number of hydrogen-bond donors (Lipinski definition) is 0. The first-order valence-electron chi connectivity index (χ1n) is 8.40. The first-order valence-corrected chi connectivity index (χ1v) is 8.40. The van der Waals surface area contributed by atoms with Crippen molar-refractivity contribution in [2.75, 3.05) is 0 Å². The highest BCUT2D eigenvalue weighted by molar-refractivity contribution is 5.92. The Balaban J connectivity index is 2.38. The summed E-state index contributed by atoms with van der Waals surface area (Å²) in [4.78, 5) is 24.3. The minimum atomic E-state index is -0.463. The lowest BCUT2D eigenvalue weighted by Gasteiger charge is -2.27. The van der Waals surface area contributed by atoms with Gasteiger partial charge in [-0.05, 0) is 46.6 Å². The average Bonchev–Trinajstić information content (AvgIpc) is 2.79. The van der Waals surface area contributed by atoms with Gasteiger partial charge < -0.3 is 9.47 Å². The molecule has 0 N–H and O–H groups in total. The quantitative estimate of drug-likeness (QED) is 0.436. The van der Waals surface area contributed by atoms with E-state index < -0.39 is 18.2 Å². The second-order valence-electron chi connectivity index (χ2n) is 6.64. The van der Waals surface area contributed by atoms with Gasteiger partial charge in [-0.15, -0.1) is 0 Å². The Hall–Kier alpha value is -2.10. The number of carbonyl (C=O) groups is 2. The van der Waals surface area contributed by atoms with Crippen molar-refractivity contribution in [3.63, 3.8) is 0 Å². The fraction of sp³-hybridized carbons (Fsp3) is 0.500. The largest absolute Gasteiger partial charge is 0.458 e. The van der Waals surface area contributed by atoms with Gasteiger partial charge in [0.15, 0.2) is 0 Å². The second kappa shape index (κ2) is 7.65. The van der Waals surface area contributed by atoms with Gasteiger partial charge in [0.05, 0.1) is 5.92 Å². The molecule has 3 atom stereocenters. The molecule has 0 amide bonds. The van der Waals surface area contributed by atoms with Crippen molar-refractivity contribution in [1.82, 2.24) is 0 Å². The Bertz CT molecular complexity index is 636. The van der Waals surface area contributed by atoms with E-state index in [2.05, 4.69) is 12.7 Å². The SMILES string of the molecule is C=C1C(=O)OC2/C=C(\C)CC/C=C(\C)CC(OC(=O)/C(C)=C/C)C12. The predicted octanol–water partition coefficient (Wildman–Crippen LogP) is 4.04. The van der Waals surface area contributed by atoms with E-state index in [0.29, 0.717) is 17.6 Å². The van der Waals surface area contributed by atoms with Crippen molar-refractivity contribution in [1.29, 1.82) is 0 Å². The molecule has 2 aliphatic rings. The van der Waals surface area contributed by atoms with Crippen molar-refractivity contribution in [3.8, 4) is 0 Å². The fourth-order valence-corrected chi connectivity index (χ4v) is 3.08. The second-order valence-corrected chi connectivity index (χ2v) is 6.64. The monoisotopic (exact) mass is 330 g/mol. The van der Waals surface area contributed by atoms with E-state index >= 15 is 0 Å². The number of esters is 2. The fourth-order valence-electron chi connectivity index (χ4n) is 3.08. The van der Waals surface area contributed by atoms with Crippen molar-refractivity contribution < 1.29 is 19.1 Å². The van der Waals surface area contributed by atoms with Crippen LogP contribution in [0.3, 0.4) is 0 Å². The smallest absolute Gasteiger partial charge is 0.334 e. The number of allylic oxidation sites excluding steroid dienone is 3. The molecule has 0 saturated carbocycles. The summed E-state index contributed by atoms with van der Waals surface area (Å²) in [5.74, 6) is -1.11. The van der Waals surface area contributed by atoms with Crippen LogP contribution in [0.5, 0.6) is 0 Å². The van der Waals surface area contributed by atoms with Crippen LogP contribution in [0.4, 0.5) is 0 Å². The Morgan fingerprint density at radius 1 is 1.38 bits per heavy atom. The molecule has 0 aromatic rings. The summed E-state index contributed by atoms with van der Waals surface area (Å²) in [6.45, 7) is 11.5. The molecule has 1 aliphatic carbocycles. The van der Waals surface area contributed by atoms with Gasteiger partial charge in [-0.25, -0.2) is 9.59 Å². The average molecular weight is 330 g/mol. The molecular formula is C20H26O4. The number of rotatable bonds is 2. The molecule has 3 unspecified atom stereocenters. The van der Waals surface area contributed by atoms with E-state index in [-0.39, 0.29) is 11.9 Å². The third-order valence-electron chi connectivity index (χ3n) is 4.68. The van der Waals surface area contributed by atoms with Crippen LogP contribution in [0.25, 0.3) is 0 Å². The van der Waals surface area contributed by atoms with E-state index in [0.717, 1.165) is 24.0 Å². The molecule has 2 rings (SSSR count). The van der Waals surface area contributed by atoms with Gasteiger partial charge in [-0.3, -0.25) is 0 Å². The summed E-state index contributed by atoms with van der Waals surface area (Å²) >= 11 is 0. The summed E-state index contributed by atoms with van der Waals surface area (Å²) in [5, 5.41) is 0. The molecule has 0 aromatic carbocycles. The van der Waals surface area contributed by atoms with Gasteiger partial charge in [0.2, 0.25) is 0 Å². The third-order valence-corrected chi connectivity index (χ3v) is 4.68. The van der Waals surface area contributed by atoms with Gasteiger partial charge in [-0.1, -0.05) is 29.9 Å². The minimum Gasteiger partial charge on any atom is -0.458 e. The highest BCUT2D eigenvalue weighted by Gasteiger charge is 2.44. The zero-order valence-corrected chi connectivity index (χ0v) is 14.9. The molecule has 0 bridgehead atoms. The van der Waals surface area contributed by atoms with Crippen molar-refractivity contribution in [3.05, 3.63) is 47.1 Å². The number of ether oxygens (including phenoxy) is 2. The Morgan fingerprint density at radius 3 is 2.75 bits per heavy atom. The molecule has 1 heterocycles. The maximum absolute atomic E-state index is 12.3. The van der Waals surface area contributed by atoms with Crippen LogP contribution < -0.4 is 0 Å². The number of hydrogen-bond acceptors (Lipinski definition) is 4. The van der Waals surface area contributed by atoms with E-state index in [1.165, 1.54) is 0 Å². The molecule has 0 aromatic heterocycles. The molecule has 4 nitrogen and oxygen atoms in total. The van der Waals surface area contributed by atoms with Gasteiger partial charge >= 0.3 is 11.9 Å². The minimum absolute atomic E-state index is 0.345. The Morgan fingerprint density at radius 2 is 2.08 bits per heavy atom. The molecule has 1 saturated heterocycles. The zero-order chi connectivity index (χ0) is 17.9. The van der Waals surface area contributed by atoms with E-state index in [9.17, 15) is 9.59 Å². The van der Waals surface area contributed by atoms with Crippen LogP contribution in [-0.4, -0.2) is 24.1 Å². The summed E-state index contributed by atoms with van der Waals surface area (Å²) in [6, 6.07) is 0. The van der Waals surface area contributed by atoms with Crippen LogP contribution in [0.1, 0.15) is 47.0 Å². The first kappa shape index (κ1) is 18.2. The lowest BCUT2D eigenvalue weighted by molar-refractivity contribution is -0.147. The van der Waals surface area contributed by atoms with Crippen LogP contribution in [0.2, 0.25) is 0 Å². The van der Waals surface area contributed by atoms with Crippen LogP contribution >= 0.6 is 0 Å². The van der Waals surface area contributed by atoms with Crippen LogP contribution in [-0.2, 0) is 19.1 Å². The van der Waals surface area contributed by atoms with Crippen molar-refractivity contribution in [2.24, 2.45) is 5.92 Å². The van der Waals surface area contributed by atoms with Crippen LogP contribution in [0.15, 0.2) is 47.1 Å². The Kier molecular flexibility index (Phi) is 5.81.